The van der Waals surface area contributed by atoms with Gasteiger partial charge in [-0.15, -0.1) is 24.8 Å². The third kappa shape index (κ3) is 4.06. The molecule has 2 aliphatic rings. The molecule has 0 amide bonds. The summed E-state index contributed by atoms with van der Waals surface area (Å²) in [6, 6.07) is 16.7. The fourth-order valence-corrected chi connectivity index (χ4v) is 4.53. The number of hydrogen-bond acceptors (Lipinski definition) is 3. The van der Waals surface area contributed by atoms with Crippen LogP contribution in [0.4, 0.5) is 5.69 Å². The zero-order valence-electron chi connectivity index (χ0n) is 14.5. The Labute approximate surface area is 162 Å². The summed E-state index contributed by atoms with van der Waals surface area (Å²) in [5.41, 5.74) is 1.37. The van der Waals surface area contributed by atoms with E-state index in [9.17, 15) is 5.11 Å². The van der Waals surface area contributed by atoms with Gasteiger partial charge >= 0.3 is 0 Å². The number of anilines is 1. The van der Waals surface area contributed by atoms with Gasteiger partial charge in [-0.3, -0.25) is 4.90 Å². The largest absolute Gasteiger partial charge is 0.395 e. The van der Waals surface area contributed by atoms with E-state index < -0.39 is 0 Å². The van der Waals surface area contributed by atoms with Crippen molar-refractivity contribution in [3.63, 3.8) is 0 Å². The minimum atomic E-state index is 0. The molecular formula is C20H28Cl2N2O. The minimum absolute atomic E-state index is 0. The van der Waals surface area contributed by atoms with E-state index in [-0.39, 0.29) is 31.4 Å². The van der Waals surface area contributed by atoms with Crippen molar-refractivity contribution in [2.75, 3.05) is 31.1 Å². The van der Waals surface area contributed by atoms with E-state index in [1.165, 1.54) is 42.1 Å². The molecule has 138 valence electrons. The number of hydrogen-bond donors (Lipinski definition) is 1. The van der Waals surface area contributed by atoms with E-state index in [1.54, 1.807) is 0 Å². The highest BCUT2D eigenvalue weighted by Crippen LogP contribution is 2.34. The Hall–Kier alpha value is -1.00. The van der Waals surface area contributed by atoms with Gasteiger partial charge in [0.15, 0.2) is 0 Å². The van der Waals surface area contributed by atoms with Crippen LogP contribution >= 0.6 is 24.8 Å². The van der Waals surface area contributed by atoms with E-state index in [0.29, 0.717) is 12.1 Å². The lowest BCUT2D eigenvalue weighted by molar-refractivity contribution is 0.0867. The predicted octanol–water partition coefficient (Wildman–Crippen LogP) is 4.11. The molecule has 25 heavy (non-hydrogen) atoms. The van der Waals surface area contributed by atoms with E-state index >= 15 is 0 Å². The lowest BCUT2D eigenvalue weighted by Gasteiger charge is -2.51. The van der Waals surface area contributed by atoms with Gasteiger partial charge in [-0.1, -0.05) is 43.2 Å². The zero-order valence-corrected chi connectivity index (χ0v) is 16.1. The molecule has 1 N–H and O–H groups in total. The van der Waals surface area contributed by atoms with Crippen LogP contribution in [-0.4, -0.2) is 48.3 Å². The normalized spacial score (nSPS) is 23.5. The van der Waals surface area contributed by atoms with Crippen molar-refractivity contribution in [1.29, 1.82) is 0 Å². The average molecular weight is 383 g/mol. The van der Waals surface area contributed by atoms with E-state index in [1.807, 2.05) is 0 Å². The summed E-state index contributed by atoms with van der Waals surface area (Å²) in [6.45, 7) is 3.24. The standard InChI is InChI=1S/C20H26N2O.2ClH/c23-14-13-21-11-12-22(20-8-4-3-7-19(20)21)18-10-9-16-5-1-2-6-17(16)15-18;;/h1-2,5-6,9-10,15,19-20,23H,3-4,7-8,11-14H2;2*1H/t19-,20-;;/m1../s1. The Morgan fingerprint density at radius 3 is 2.36 bits per heavy atom. The molecule has 1 aliphatic carbocycles. The van der Waals surface area contributed by atoms with Gasteiger partial charge in [-0.05, 0) is 35.7 Å². The number of halogens is 2. The minimum Gasteiger partial charge on any atom is -0.395 e. The van der Waals surface area contributed by atoms with Gasteiger partial charge < -0.3 is 10.0 Å². The fraction of sp³-hybridized carbons (Fsp3) is 0.500. The second-order valence-electron chi connectivity index (χ2n) is 6.90. The third-order valence-corrected chi connectivity index (χ3v) is 5.64. The lowest BCUT2D eigenvalue weighted by atomic mass is 9.86. The third-order valence-electron chi connectivity index (χ3n) is 5.64. The second kappa shape index (κ2) is 9.09. The number of aliphatic hydroxyl groups excluding tert-OH is 1. The smallest absolute Gasteiger partial charge is 0.0558 e. The maximum atomic E-state index is 9.35. The maximum Gasteiger partial charge on any atom is 0.0558 e. The van der Waals surface area contributed by atoms with Gasteiger partial charge in [-0.25, -0.2) is 0 Å². The van der Waals surface area contributed by atoms with Crippen LogP contribution in [-0.2, 0) is 0 Å². The van der Waals surface area contributed by atoms with Crippen molar-refractivity contribution in [2.24, 2.45) is 0 Å². The summed E-state index contributed by atoms with van der Waals surface area (Å²) >= 11 is 0. The summed E-state index contributed by atoms with van der Waals surface area (Å²) < 4.78 is 0. The van der Waals surface area contributed by atoms with Gasteiger partial charge in [0.2, 0.25) is 0 Å². The summed E-state index contributed by atoms with van der Waals surface area (Å²) in [5.74, 6) is 0. The van der Waals surface area contributed by atoms with Gasteiger partial charge in [0.05, 0.1) is 6.61 Å². The molecule has 0 bridgehead atoms. The number of benzene rings is 2. The van der Waals surface area contributed by atoms with Crippen molar-refractivity contribution in [3.8, 4) is 0 Å². The van der Waals surface area contributed by atoms with Crippen LogP contribution in [0.3, 0.4) is 0 Å². The average Bonchev–Trinajstić information content (AvgIpc) is 2.62. The summed E-state index contributed by atoms with van der Waals surface area (Å²) in [5, 5.41) is 12.0. The van der Waals surface area contributed by atoms with Crippen molar-refractivity contribution in [3.05, 3.63) is 42.5 Å². The Morgan fingerprint density at radius 1 is 0.880 bits per heavy atom. The molecule has 2 fully saturated rings. The zero-order chi connectivity index (χ0) is 15.6. The monoisotopic (exact) mass is 382 g/mol. The number of rotatable bonds is 3. The predicted molar refractivity (Wildman–Crippen MR) is 110 cm³/mol. The molecule has 2 aromatic carbocycles. The van der Waals surface area contributed by atoms with Gasteiger partial charge in [0, 0.05) is 37.4 Å². The molecule has 1 aliphatic heterocycles. The van der Waals surface area contributed by atoms with Crippen LogP contribution in [0.1, 0.15) is 25.7 Å². The Morgan fingerprint density at radius 2 is 1.60 bits per heavy atom. The molecule has 0 radical (unpaired) electrons. The highest BCUT2D eigenvalue weighted by Gasteiger charge is 2.37. The molecule has 0 unspecified atom stereocenters. The van der Waals surface area contributed by atoms with E-state index in [2.05, 4.69) is 52.3 Å². The van der Waals surface area contributed by atoms with Crippen molar-refractivity contribution in [1.82, 2.24) is 4.90 Å². The first-order valence-electron chi connectivity index (χ1n) is 8.97. The van der Waals surface area contributed by atoms with Crippen molar-refractivity contribution < 1.29 is 5.11 Å². The molecule has 0 aromatic heterocycles. The molecule has 4 rings (SSSR count). The van der Waals surface area contributed by atoms with Crippen LogP contribution in [0, 0.1) is 0 Å². The molecule has 1 saturated carbocycles. The molecule has 1 saturated heterocycles. The van der Waals surface area contributed by atoms with Crippen LogP contribution in [0.2, 0.25) is 0 Å². The molecule has 0 spiro atoms. The maximum absolute atomic E-state index is 9.35. The Balaban J connectivity index is 0.00000113. The molecular weight excluding hydrogens is 355 g/mol. The summed E-state index contributed by atoms with van der Waals surface area (Å²) in [4.78, 5) is 5.14. The quantitative estimate of drug-likeness (QED) is 0.864. The number of fused-ring (bicyclic) bond motifs is 2. The number of nitrogens with zero attached hydrogens (tertiary/aromatic N) is 2. The first kappa shape index (κ1) is 20.3. The highest BCUT2D eigenvalue weighted by molar-refractivity contribution is 5.86. The summed E-state index contributed by atoms with van der Waals surface area (Å²) in [7, 11) is 0. The van der Waals surface area contributed by atoms with E-state index in [0.717, 1.165) is 19.6 Å². The lowest BCUT2D eigenvalue weighted by Crippen LogP contribution is -2.61. The van der Waals surface area contributed by atoms with Crippen LogP contribution < -0.4 is 4.90 Å². The highest BCUT2D eigenvalue weighted by atomic mass is 35.5. The molecule has 2 aromatic rings. The van der Waals surface area contributed by atoms with Gasteiger partial charge in [-0.2, -0.15) is 0 Å². The van der Waals surface area contributed by atoms with Crippen molar-refractivity contribution in [2.45, 2.75) is 37.8 Å². The Kier molecular flexibility index (Phi) is 7.38. The molecule has 5 heteroatoms. The summed E-state index contributed by atoms with van der Waals surface area (Å²) in [6.07, 6.45) is 5.21. The topological polar surface area (TPSA) is 26.7 Å². The molecule has 3 nitrogen and oxygen atoms in total. The van der Waals surface area contributed by atoms with Gasteiger partial charge in [0.1, 0.15) is 0 Å². The second-order valence-corrected chi connectivity index (χ2v) is 6.90. The van der Waals surface area contributed by atoms with Crippen LogP contribution in [0.15, 0.2) is 42.5 Å². The Bertz CT molecular complexity index is 682. The first-order chi connectivity index (χ1) is 11.4. The number of piperazine rings is 1. The SMILES string of the molecule is Cl.Cl.OCCN1CCN(c2ccc3ccccc3c2)[C@@H]2CCCC[C@H]21. The van der Waals surface area contributed by atoms with Crippen LogP contribution in [0.5, 0.6) is 0 Å². The van der Waals surface area contributed by atoms with E-state index in [4.69, 9.17) is 0 Å². The molecule has 2 atom stereocenters. The van der Waals surface area contributed by atoms with Crippen molar-refractivity contribution >= 4 is 41.3 Å². The fourth-order valence-electron chi connectivity index (χ4n) is 4.53. The molecule has 1 heterocycles. The van der Waals surface area contributed by atoms with Gasteiger partial charge in [0.25, 0.3) is 0 Å². The number of aliphatic hydroxyl groups is 1. The first-order valence-corrected chi connectivity index (χ1v) is 8.97. The van der Waals surface area contributed by atoms with Crippen LogP contribution in [0.25, 0.3) is 10.8 Å². The number of β-amino-alcohol motifs (C(OH)–C–C–N with tert-alkyl or cyclic N) is 1.